The summed E-state index contributed by atoms with van der Waals surface area (Å²) in [5.41, 5.74) is 0.282. The summed E-state index contributed by atoms with van der Waals surface area (Å²) in [6, 6.07) is 19.8. The summed E-state index contributed by atoms with van der Waals surface area (Å²) in [4.78, 5) is 38.0. The number of ketones is 1. The summed E-state index contributed by atoms with van der Waals surface area (Å²) in [6.45, 7) is 4.47. The Hall–Kier alpha value is -3.53. The van der Waals surface area contributed by atoms with Crippen LogP contribution in [0, 0.1) is 0 Å². The van der Waals surface area contributed by atoms with Crippen LogP contribution in [0.25, 0.3) is 0 Å². The minimum Gasteiger partial charge on any atom is -0.478 e. The van der Waals surface area contributed by atoms with Crippen LogP contribution < -0.4 is 10.1 Å². The Morgan fingerprint density at radius 2 is 1.40 bits per heavy atom. The van der Waals surface area contributed by atoms with Gasteiger partial charge in [0.1, 0.15) is 16.7 Å². The zero-order valence-electron chi connectivity index (χ0n) is 22.5. The molecule has 1 amide bonds. The molecular formula is C30H31ClN2O6S. The van der Waals surface area contributed by atoms with Crippen LogP contribution in [-0.2, 0) is 20.5 Å². The third-order valence-corrected chi connectivity index (χ3v) is 8.41. The van der Waals surface area contributed by atoms with Crippen LogP contribution in [0.5, 0.6) is 5.75 Å². The molecule has 0 spiro atoms. The lowest BCUT2D eigenvalue weighted by molar-refractivity contribution is -0.135. The molecule has 1 atom stereocenters. The number of nitrogens with one attached hydrogen (secondary N) is 1. The van der Waals surface area contributed by atoms with E-state index in [9.17, 15) is 18.6 Å². The van der Waals surface area contributed by atoms with E-state index in [1.54, 1.807) is 86.6 Å². The Morgan fingerprint density at radius 3 is 1.95 bits per heavy atom. The number of halogens is 1. The molecule has 1 aliphatic rings. The maximum atomic E-state index is 13.1. The third-order valence-electron chi connectivity index (χ3n) is 6.64. The van der Waals surface area contributed by atoms with Gasteiger partial charge in [-0.2, -0.15) is 0 Å². The molecule has 10 heteroatoms. The summed E-state index contributed by atoms with van der Waals surface area (Å²) in [6.07, 6.45) is 1.27. The second kappa shape index (κ2) is 12.8. The normalized spacial score (nSPS) is 15.2. The standard InChI is InChI=1S/C30H31ClN2O6S/c1-30(2,39-25-12-6-21(7-13-25)27(34)20-4-10-23(31)11-5-20)29(36)32-24-16-18-33(19-17-24)40(37)26-14-8-22(9-15-26)28(35)38-3/h4-15,24H,16-19H2,1-3H3,(H,32,36). The lowest BCUT2D eigenvalue weighted by Crippen LogP contribution is -2.52. The largest absolute Gasteiger partial charge is 0.478 e. The van der Waals surface area contributed by atoms with Gasteiger partial charge in [0.15, 0.2) is 11.4 Å². The molecule has 4 rings (SSSR count). The number of esters is 1. The lowest BCUT2D eigenvalue weighted by Gasteiger charge is -2.33. The highest BCUT2D eigenvalue weighted by atomic mass is 35.5. The van der Waals surface area contributed by atoms with E-state index in [-0.39, 0.29) is 17.7 Å². The van der Waals surface area contributed by atoms with Gasteiger partial charge in [-0.25, -0.2) is 13.3 Å². The third kappa shape index (κ3) is 7.15. The summed E-state index contributed by atoms with van der Waals surface area (Å²) in [5, 5.41) is 3.62. The maximum absolute atomic E-state index is 13.1. The van der Waals surface area contributed by atoms with E-state index in [0.29, 0.717) is 58.3 Å². The van der Waals surface area contributed by atoms with Crippen molar-refractivity contribution in [1.82, 2.24) is 9.62 Å². The van der Waals surface area contributed by atoms with Crippen LogP contribution in [0.1, 0.15) is 53.0 Å². The van der Waals surface area contributed by atoms with Gasteiger partial charge < -0.3 is 14.8 Å². The van der Waals surface area contributed by atoms with Crippen LogP contribution in [0.2, 0.25) is 5.02 Å². The van der Waals surface area contributed by atoms with E-state index in [4.69, 9.17) is 21.1 Å². The molecule has 1 heterocycles. The Bertz CT molecular complexity index is 1380. The van der Waals surface area contributed by atoms with Gasteiger partial charge in [-0.15, -0.1) is 0 Å². The molecule has 3 aromatic carbocycles. The van der Waals surface area contributed by atoms with Gasteiger partial charge in [0.05, 0.1) is 17.6 Å². The van der Waals surface area contributed by atoms with Crippen LogP contribution >= 0.6 is 11.6 Å². The number of rotatable bonds is 9. The van der Waals surface area contributed by atoms with Gasteiger partial charge >= 0.3 is 5.97 Å². The smallest absolute Gasteiger partial charge is 0.337 e. The topological polar surface area (TPSA) is 102 Å². The highest BCUT2D eigenvalue weighted by Gasteiger charge is 2.33. The second-order valence-electron chi connectivity index (χ2n) is 9.91. The maximum Gasteiger partial charge on any atom is 0.337 e. The van der Waals surface area contributed by atoms with Gasteiger partial charge in [-0.1, -0.05) is 11.6 Å². The molecule has 0 radical (unpaired) electrons. The molecule has 8 nitrogen and oxygen atoms in total. The minimum absolute atomic E-state index is 0.0790. The summed E-state index contributed by atoms with van der Waals surface area (Å²) >= 11 is 5.90. The first kappa shape index (κ1) is 29.5. The van der Waals surface area contributed by atoms with Gasteiger partial charge in [0.25, 0.3) is 5.91 Å². The SMILES string of the molecule is COC(=O)c1ccc(S(=O)N2CCC(NC(=O)C(C)(C)Oc3ccc(C(=O)c4ccc(Cl)cc4)cc3)CC2)cc1. The highest BCUT2D eigenvalue weighted by molar-refractivity contribution is 7.82. The number of hydrogen-bond acceptors (Lipinski definition) is 6. The van der Waals surface area contributed by atoms with E-state index in [1.165, 1.54) is 7.11 Å². The fraction of sp³-hybridized carbons (Fsp3) is 0.300. The number of piperidine rings is 1. The number of methoxy groups -OCH3 is 1. The van der Waals surface area contributed by atoms with Crippen molar-refractivity contribution in [1.29, 1.82) is 0 Å². The number of nitrogens with zero attached hydrogens (tertiary/aromatic N) is 1. The van der Waals surface area contributed by atoms with Crippen LogP contribution in [0.4, 0.5) is 0 Å². The first-order valence-corrected chi connectivity index (χ1v) is 14.3. The number of carbonyl (C=O) groups excluding carboxylic acids is 3. The summed E-state index contributed by atoms with van der Waals surface area (Å²) in [5.74, 6) is -0.365. The zero-order valence-corrected chi connectivity index (χ0v) is 24.1. The average molecular weight is 583 g/mol. The zero-order chi connectivity index (χ0) is 28.9. The first-order chi connectivity index (χ1) is 19.1. The molecular weight excluding hydrogens is 552 g/mol. The van der Waals surface area contributed by atoms with Crippen molar-refractivity contribution < 1.29 is 28.1 Å². The molecule has 1 unspecified atom stereocenters. The predicted molar refractivity (Wildman–Crippen MR) is 153 cm³/mol. The van der Waals surface area contributed by atoms with Gasteiger partial charge in [0.2, 0.25) is 0 Å². The quantitative estimate of drug-likeness (QED) is 0.287. The number of ether oxygens (including phenoxy) is 2. The van der Waals surface area contributed by atoms with Gasteiger partial charge in [-0.3, -0.25) is 9.59 Å². The van der Waals surface area contributed by atoms with E-state index in [1.807, 2.05) is 4.31 Å². The van der Waals surface area contributed by atoms with Crippen molar-refractivity contribution in [3.63, 3.8) is 0 Å². The van der Waals surface area contributed by atoms with E-state index < -0.39 is 22.6 Å². The Morgan fingerprint density at radius 1 is 0.875 bits per heavy atom. The Balaban J connectivity index is 1.28. The van der Waals surface area contributed by atoms with E-state index >= 15 is 0 Å². The molecule has 40 heavy (non-hydrogen) atoms. The van der Waals surface area contributed by atoms with Crippen molar-refractivity contribution in [2.45, 2.75) is 43.2 Å². The van der Waals surface area contributed by atoms with Crippen molar-refractivity contribution >= 4 is 40.2 Å². The fourth-order valence-electron chi connectivity index (χ4n) is 4.28. The summed E-state index contributed by atoms with van der Waals surface area (Å²) in [7, 11) is -0.0545. The fourth-order valence-corrected chi connectivity index (χ4v) is 5.62. The van der Waals surface area contributed by atoms with Crippen molar-refractivity contribution in [3.05, 3.63) is 94.5 Å². The second-order valence-corrected chi connectivity index (χ2v) is 11.8. The van der Waals surface area contributed by atoms with Gasteiger partial charge in [-0.05, 0) is 99.5 Å². The summed E-state index contributed by atoms with van der Waals surface area (Å²) < 4.78 is 25.5. The molecule has 0 bridgehead atoms. The van der Waals surface area contributed by atoms with E-state index in [0.717, 1.165) is 0 Å². The molecule has 3 aromatic rings. The number of hydrogen-bond donors (Lipinski definition) is 1. The molecule has 1 fully saturated rings. The molecule has 210 valence electrons. The Kier molecular flexibility index (Phi) is 9.40. The van der Waals surface area contributed by atoms with Gasteiger partial charge in [0, 0.05) is 35.3 Å². The van der Waals surface area contributed by atoms with Crippen molar-refractivity contribution in [3.8, 4) is 5.75 Å². The monoisotopic (exact) mass is 582 g/mol. The van der Waals surface area contributed by atoms with Crippen LogP contribution in [0.3, 0.4) is 0 Å². The number of amides is 1. The minimum atomic E-state index is -1.37. The van der Waals surface area contributed by atoms with Crippen molar-refractivity contribution in [2.75, 3.05) is 20.2 Å². The number of carbonyl (C=O) groups is 3. The predicted octanol–water partition coefficient (Wildman–Crippen LogP) is 4.82. The number of benzene rings is 3. The van der Waals surface area contributed by atoms with Crippen LogP contribution in [0.15, 0.2) is 77.7 Å². The van der Waals surface area contributed by atoms with E-state index in [2.05, 4.69) is 5.32 Å². The first-order valence-electron chi connectivity index (χ1n) is 12.8. The highest BCUT2D eigenvalue weighted by Crippen LogP contribution is 2.23. The molecule has 1 N–H and O–H groups in total. The molecule has 1 aliphatic heterocycles. The average Bonchev–Trinajstić information content (AvgIpc) is 2.97. The van der Waals surface area contributed by atoms with Crippen LogP contribution in [-0.4, -0.2) is 58.0 Å². The Labute approximate surface area is 241 Å². The lowest BCUT2D eigenvalue weighted by atomic mass is 10.0. The molecule has 0 saturated carbocycles. The molecule has 0 aliphatic carbocycles. The molecule has 0 aromatic heterocycles. The molecule has 1 saturated heterocycles. The van der Waals surface area contributed by atoms with Crippen molar-refractivity contribution in [2.24, 2.45) is 0 Å².